The van der Waals surface area contributed by atoms with Crippen LogP contribution in [0.3, 0.4) is 0 Å². The molecule has 3 aliphatic rings. The quantitative estimate of drug-likeness (QED) is 0.657. The predicted octanol–water partition coefficient (Wildman–Crippen LogP) is 3.89. The third-order valence-electron chi connectivity index (χ3n) is 6.94. The van der Waals surface area contributed by atoms with E-state index in [-0.39, 0.29) is 48.1 Å². The Balaban J connectivity index is 0.00000274. The monoisotopic (exact) mass is 498 g/mol. The number of aliphatic hydroxyl groups is 1. The summed E-state index contributed by atoms with van der Waals surface area (Å²) < 4.78 is 41.8. The van der Waals surface area contributed by atoms with E-state index in [0.717, 1.165) is 12.8 Å². The molecule has 1 aromatic heterocycles. The van der Waals surface area contributed by atoms with Crippen molar-refractivity contribution in [2.24, 2.45) is 11.1 Å². The van der Waals surface area contributed by atoms with E-state index < -0.39 is 6.29 Å². The number of hydrogen-bond acceptors (Lipinski definition) is 8. The van der Waals surface area contributed by atoms with Crippen molar-refractivity contribution in [3.05, 3.63) is 28.5 Å². The van der Waals surface area contributed by atoms with Gasteiger partial charge in [-0.3, -0.25) is 0 Å². The average Bonchev–Trinajstić information content (AvgIpc) is 3.26. The number of aliphatic hydroxyl groups excluding tert-OH is 1. The summed E-state index contributed by atoms with van der Waals surface area (Å²) in [5.74, 6) is 0.197. The van der Waals surface area contributed by atoms with Crippen molar-refractivity contribution in [1.29, 1.82) is 0 Å². The molecule has 0 aliphatic carbocycles. The molecule has 1 spiro atoms. The number of alkyl halides is 2. The number of halogens is 3. The van der Waals surface area contributed by atoms with Gasteiger partial charge in [-0.15, -0.1) is 8.78 Å². The average molecular weight is 499 g/mol. The van der Waals surface area contributed by atoms with Gasteiger partial charge in [0.1, 0.15) is 5.69 Å². The van der Waals surface area contributed by atoms with Gasteiger partial charge in [-0.25, -0.2) is 9.97 Å². The second-order valence-electron chi connectivity index (χ2n) is 8.90. The Bertz CT molecular complexity index is 1100. The molecular formula is C23H29ClF2N4O4. The first kappa shape index (κ1) is 24.8. The van der Waals surface area contributed by atoms with Gasteiger partial charge in [0.15, 0.2) is 17.3 Å². The number of benzene rings is 1. The summed E-state index contributed by atoms with van der Waals surface area (Å²) in [4.78, 5) is 11.4. The molecule has 186 valence electrons. The molecule has 0 unspecified atom stereocenters. The summed E-state index contributed by atoms with van der Waals surface area (Å²) in [6.45, 7) is 5.51. The Morgan fingerprint density at radius 1 is 1.24 bits per heavy atom. The fourth-order valence-corrected chi connectivity index (χ4v) is 5.24. The highest BCUT2D eigenvalue weighted by molar-refractivity contribution is 6.35. The van der Waals surface area contributed by atoms with E-state index in [0.29, 0.717) is 48.2 Å². The maximum absolute atomic E-state index is 13.5. The van der Waals surface area contributed by atoms with Gasteiger partial charge >= 0.3 is 6.29 Å². The maximum Gasteiger partial charge on any atom is 0.586 e. The Morgan fingerprint density at radius 2 is 1.94 bits per heavy atom. The molecule has 1 aromatic carbocycles. The van der Waals surface area contributed by atoms with Gasteiger partial charge in [0.2, 0.25) is 0 Å². The maximum atomic E-state index is 13.5. The van der Waals surface area contributed by atoms with Crippen LogP contribution in [0.15, 0.2) is 12.1 Å². The number of aromatic nitrogens is 2. The van der Waals surface area contributed by atoms with Crippen molar-refractivity contribution in [3.63, 3.8) is 0 Å². The van der Waals surface area contributed by atoms with Gasteiger partial charge in [0, 0.05) is 30.1 Å². The molecule has 3 aliphatic heterocycles. The minimum Gasteiger partial charge on any atom is -0.395 e. The van der Waals surface area contributed by atoms with Crippen molar-refractivity contribution in [2.75, 3.05) is 24.6 Å². The Morgan fingerprint density at radius 3 is 2.56 bits per heavy atom. The van der Waals surface area contributed by atoms with E-state index in [2.05, 4.69) is 19.4 Å². The summed E-state index contributed by atoms with van der Waals surface area (Å²) >= 11 is 6.36. The number of hydrogen-bond donors (Lipinski definition) is 2. The number of nitrogens with zero attached hydrogens (tertiary/aromatic N) is 3. The Labute approximate surface area is 202 Å². The smallest absolute Gasteiger partial charge is 0.395 e. The van der Waals surface area contributed by atoms with Gasteiger partial charge in [0.05, 0.1) is 35.7 Å². The van der Waals surface area contributed by atoms with Crippen LogP contribution in [0.2, 0.25) is 5.02 Å². The highest BCUT2D eigenvalue weighted by Gasteiger charge is 2.48. The van der Waals surface area contributed by atoms with Gasteiger partial charge in [-0.1, -0.05) is 19.0 Å². The van der Waals surface area contributed by atoms with Crippen molar-refractivity contribution in [2.45, 2.75) is 59.2 Å². The number of aryl methyl sites for hydroxylation is 1. The predicted molar refractivity (Wildman–Crippen MR) is 123 cm³/mol. The van der Waals surface area contributed by atoms with Crippen molar-refractivity contribution in [1.82, 2.24) is 9.97 Å². The topological polar surface area (TPSA) is 103 Å². The number of fused-ring (bicyclic) bond motifs is 1. The first-order valence-corrected chi connectivity index (χ1v) is 11.2. The third kappa shape index (κ3) is 3.96. The van der Waals surface area contributed by atoms with Crippen LogP contribution in [0.1, 0.15) is 38.6 Å². The lowest BCUT2D eigenvalue weighted by atomic mass is 9.73. The van der Waals surface area contributed by atoms with Crippen molar-refractivity contribution in [3.8, 4) is 22.8 Å². The molecule has 2 saturated heterocycles. The SMILES string of the molecule is C.Cc1nc(N2CCC3(CC2)CO[C@@H](C)[C@H]3N)c(CO)nc1-c1ccc2c(c1Cl)OC(F)(F)O2. The van der Waals surface area contributed by atoms with Gasteiger partial charge in [-0.05, 0) is 38.8 Å². The fraction of sp³-hybridized carbons (Fsp3) is 0.565. The van der Waals surface area contributed by atoms with Crippen LogP contribution < -0.4 is 20.1 Å². The summed E-state index contributed by atoms with van der Waals surface area (Å²) in [7, 11) is 0. The molecule has 0 radical (unpaired) electrons. The fourth-order valence-electron chi connectivity index (χ4n) is 4.96. The first-order chi connectivity index (χ1) is 15.6. The molecule has 3 N–H and O–H groups in total. The van der Waals surface area contributed by atoms with Crippen LogP contribution in [0, 0.1) is 12.3 Å². The second kappa shape index (κ2) is 8.75. The van der Waals surface area contributed by atoms with Crippen LogP contribution in [-0.2, 0) is 11.3 Å². The molecule has 2 aromatic rings. The van der Waals surface area contributed by atoms with E-state index in [9.17, 15) is 13.9 Å². The number of nitrogens with two attached hydrogens (primary N) is 1. The third-order valence-corrected chi connectivity index (χ3v) is 7.32. The van der Waals surface area contributed by atoms with E-state index in [4.69, 9.17) is 27.1 Å². The second-order valence-corrected chi connectivity index (χ2v) is 9.28. The first-order valence-electron chi connectivity index (χ1n) is 10.8. The molecule has 8 nitrogen and oxygen atoms in total. The number of anilines is 1. The molecule has 0 bridgehead atoms. The van der Waals surface area contributed by atoms with Gasteiger partial charge < -0.3 is 30.0 Å². The lowest BCUT2D eigenvalue weighted by molar-refractivity contribution is -0.286. The summed E-state index contributed by atoms with van der Waals surface area (Å²) in [6.07, 6.45) is -2.03. The lowest BCUT2D eigenvalue weighted by Crippen LogP contribution is -2.51. The largest absolute Gasteiger partial charge is 0.586 e. The number of ether oxygens (including phenoxy) is 3. The molecule has 11 heteroatoms. The van der Waals surface area contributed by atoms with Gasteiger partial charge in [0.25, 0.3) is 0 Å². The standard InChI is InChI=1S/C22H25ClF2N4O4.CH4/c1-11-17(13-3-4-15-18(16(13)23)33-22(24,25)32-15)28-14(9-30)20(27-11)29-7-5-21(6-8-29)10-31-12(2)19(21)26;/h3-4,12,19,30H,5-10,26H2,1-2H3;1H4/t12-,19+;/m0./s1. The van der Waals surface area contributed by atoms with Crippen molar-refractivity contribution >= 4 is 17.4 Å². The number of rotatable bonds is 3. The zero-order valence-corrected chi connectivity index (χ0v) is 19.0. The summed E-state index contributed by atoms with van der Waals surface area (Å²) in [5.41, 5.74) is 8.04. The van der Waals surface area contributed by atoms with Gasteiger partial charge in [-0.2, -0.15) is 0 Å². The highest BCUT2D eigenvalue weighted by atomic mass is 35.5. The highest BCUT2D eigenvalue weighted by Crippen LogP contribution is 2.49. The number of piperidine rings is 1. The molecular weight excluding hydrogens is 470 g/mol. The molecule has 2 fully saturated rings. The molecule has 4 heterocycles. The van der Waals surface area contributed by atoms with Crippen LogP contribution in [-0.4, -0.2) is 53.2 Å². The minimum absolute atomic E-state index is 0. The molecule has 0 amide bonds. The zero-order chi connectivity index (χ0) is 23.5. The minimum atomic E-state index is -3.78. The normalized spacial score (nSPS) is 24.4. The molecule has 0 saturated carbocycles. The van der Waals surface area contributed by atoms with E-state index >= 15 is 0 Å². The lowest BCUT2D eigenvalue weighted by Gasteiger charge is -2.42. The summed E-state index contributed by atoms with van der Waals surface area (Å²) in [5, 5.41) is 9.99. The Hall–Kier alpha value is -2.27. The molecule has 5 rings (SSSR count). The van der Waals surface area contributed by atoms with E-state index in [1.54, 1.807) is 6.92 Å². The van der Waals surface area contributed by atoms with Crippen LogP contribution in [0.25, 0.3) is 11.3 Å². The zero-order valence-electron chi connectivity index (χ0n) is 18.3. The summed E-state index contributed by atoms with van der Waals surface area (Å²) in [6, 6.07) is 2.87. The van der Waals surface area contributed by atoms with Crippen LogP contribution >= 0.6 is 11.6 Å². The van der Waals surface area contributed by atoms with E-state index in [1.807, 2.05) is 6.92 Å². The molecule has 34 heavy (non-hydrogen) atoms. The van der Waals surface area contributed by atoms with Crippen LogP contribution in [0.5, 0.6) is 11.5 Å². The van der Waals surface area contributed by atoms with Crippen LogP contribution in [0.4, 0.5) is 14.6 Å². The van der Waals surface area contributed by atoms with E-state index in [1.165, 1.54) is 12.1 Å². The Kier molecular flexibility index (Phi) is 6.39. The van der Waals surface area contributed by atoms with Crippen molar-refractivity contribution < 1.29 is 28.1 Å². The molecule has 2 atom stereocenters.